The highest BCUT2D eigenvalue weighted by Crippen LogP contribution is 2.25. The summed E-state index contributed by atoms with van der Waals surface area (Å²) in [4.78, 5) is 48.9. The Balaban J connectivity index is 1.28. The molecular formula is C44H52N6O5. The zero-order valence-electron chi connectivity index (χ0n) is 32.6. The van der Waals surface area contributed by atoms with Gasteiger partial charge in [-0.2, -0.15) is 5.10 Å². The van der Waals surface area contributed by atoms with Crippen LogP contribution in [0.1, 0.15) is 104 Å². The second-order valence-electron chi connectivity index (χ2n) is 15.0. The Morgan fingerprint density at radius 3 is 2.02 bits per heavy atom. The lowest BCUT2D eigenvalue weighted by molar-refractivity contribution is -0.142. The van der Waals surface area contributed by atoms with Crippen molar-refractivity contribution in [3.05, 3.63) is 119 Å². The first-order valence-corrected chi connectivity index (χ1v) is 18.9. The zero-order chi connectivity index (χ0) is 39.5. The van der Waals surface area contributed by atoms with Gasteiger partial charge >= 0.3 is 5.97 Å². The van der Waals surface area contributed by atoms with Crippen molar-refractivity contribution in [3.63, 3.8) is 0 Å². The quantitative estimate of drug-likeness (QED) is 0.0696. The number of aromatic amines is 1. The van der Waals surface area contributed by atoms with Crippen molar-refractivity contribution >= 4 is 17.8 Å². The number of aromatic nitrogens is 4. The molecule has 0 aliphatic rings. The van der Waals surface area contributed by atoms with Crippen molar-refractivity contribution in [1.29, 1.82) is 0 Å². The number of nitrogens with zero attached hydrogens (tertiary/aromatic N) is 3. The van der Waals surface area contributed by atoms with E-state index in [1.54, 1.807) is 38.4 Å². The van der Waals surface area contributed by atoms with Crippen LogP contribution in [0.2, 0.25) is 0 Å². The van der Waals surface area contributed by atoms with Crippen LogP contribution in [-0.2, 0) is 21.4 Å². The summed E-state index contributed by atoms with van der Waals surface area (Å²) in [6.07, 6.45) is 9.65. The molecule has 2 atom stereocenters. The first kappa shape index (κ1) is 40.3. The van der Waals surface area contributed by atoms with Crippen molar-refractivity contribution in [2.75, 3.05) is 6.61 Å². The second kappa shape index (κ2) is 18.5. The van der Waals surface area contributed by atoms with E-state index in [1.165, 1.54) is 25.7 Å². The highest BCUT2D eigenvalue weighted by atomic mass is 16.5. The van der Waals surface area contributed by atoms with Crippen molar-refractivity contribution < 1.29 is 24.2 Å². The van der Waals surface area contributed by atoms with Crippen LogP contribution in [0.25, 0.3) is 22.5 Å². The topological polar surface area (TPSA) is 159 Å². The summed E-state index contributed by atoms with van der Waals surface area (Å²) in [5.74, 6) is -0.954. The van der Waals surface area contributed by atoms with Gasteiger partial charge in [0.25, 0.3) is 5.91 Å². The van der Waals surface area contributed by atoms with Crippen LogP contribution >= 0.6 is 0 Å². The molecule has 55 heavy (non-hydrogen) atoms. The molecule has 0 spiro atoms. The molecule has 0 saturated carbocycles. The van der Waals surface area contributed by atoms with Gasteiger partial charge in [-0.15, -0.1) is 0 Å². The maximum atomic E-state index is 13.8. The van der Waals surface area contributed by atoms with E-state index in [9.17, 15) is 19.5 Å². The summed E-state index contributed by atoms with van der Waals surface area (Å²) < 4.78 is 5.90. The number of carboxylic acid groups (broad SMARTS) is 1. The van der Waals surface area contributed by atoms with Crippen LogP contribution in [0.15, 0.2) is 85.2 Å². The Morgan fingerprint density at radius 2 is 1.44 bits per heavy atom. The summed E-state index contributed by atoms with van der Waals surface area (Å²) in [5.41, 5.74) is 6.10. The van der Waals surface area contributed by atoms with Gasteiger partial charge < -0.3 is 20.5 Å². The van der Waals surface area contributed by atoms with E-state index in [1.807, 2.05) is 60.7 Å². The molecule has 0 bridgehead atoms. The largest absolute Gasteiger partial charge is 0.494 e. The van der Waals surface area contributed by atoms with E-state index in [4.69, 9.17) is 4.74 Å². The molecule has 4 N–H and O–H groups in total. The fraction of sp³-hybridized carbons (Fsp3) is 0.364. The van der Waals surface area contributed by atoms with E-state index in [-0.39, 0.29) is 11.8 Å². The van der Waals surface area contributed by atoms with E-state index >= 15 is 0 Å². The highest BCUT2D eigenvalue weighted by Gasteiger charge is 2.31. The third kappa shape index (κ3) is 10.9. The van der Waals surface area contributed by atoms with Crippen LogP contribution in [0.5, 0.6) is 5.75 Å². The molecule has 5 rings (SSSR count). The molecule has 11 heteroatoms. The normalized spacial score (nSPS) is 12.5. The van der Waals surface area contributed by atoms with Gasteiger partial charge in [-0.1, -0.05) is 102 Å². The second-order valence-corrected chi connectivity index (χ2v) is 15.0. The maximum Gasteiger partial charge on any atom is 0.331 e. The number of hydrogen-bond donors (Lipinski definition) is 4. The molecule has 2 aromatic heterocycles. The standard InChI is InChI=1S/C44H52N6O5/c1-7-8-9-10-11-24-55-36-22-18-31(19-23-36)34-26-45-40(46-27-34)32-14-12-30(13-15-32)25-37(47-41(51)33-16-20-35(21-17-33)44(4,5)6)42(52)48-39(43(53)54)38-28(2)49-50-29(38)3/h12-23,26-27,37,39H,7-11,24-25H2,1-6H3,(H,47,51)(H,48,52)(H,49,50)(H,53,54)/t37-,39?/m0/s1. The minimum Gasteiger partial charge on any atom is -0.494 e. The van der Waals surface area contributed by atoms with Gasteiger partial charge in [0, 0.05) is 46.8 Å². The number of aliphatic carboxylic acids is 1. The zero-order valence-corrected chi connectivity index (χ0v) is 32.6. The van der Waals surface area contributed by atoms with Crippen LogP contribution < -0.4 is 15.4 Å². The predicted molar refractivity (Wildman–Crippen MR) is 214 cm³/mol. The van der Waals surface area contributed by atoms with E-state index in [0.29, 0.717) is 34.9 Å². The van der Waals surface area contributed by atoms with Crippen LogP contribution in [0.4, 0.5) is 0 Å². The van der Waals surface area contributed by atoms with E-state index < -0.39 is 29.9 Å². The molecule has 0 radical (unpaired) electrons. The molecule has 2 heterocycles. The minimum absolute atomic E-state index is 0.0967. The van der Waals surface area contributed by atoms with Gasteiger partial charge in [0.2, 0.25) is 5.91 Å². The lowest BCUT2D eigenvalue weighted by atomic mass is 9.86. The van der Waals surface area contributed by atoms with Gasteiger partial charge in [0.15, 0.2) is 11.9 Å². The number of H-pyrrole nitrogens is 1. The Bertz CT molecular complexity index is 2010. The Kier molecular flexibility index (Phi) is 13.5. The number of aryl methyl sites for hydroxylation is 2. The van der Waals surface area contributed by atoms with Gasteiger partial charge in [-0.05, 0) is 66.6 Å². The molecule has 2 amide bonds. The smallest absolute Gasteiger partial charge is 0.331 e. The van der Waals surface area contributed by atoms with Crippen LogP contribution in [-0.4, -0.2) is 55.7 Å². The fourth-order valence-electron chi connectivity index (χ4n) is 6.35. The van der Waals surface area contributed by atoms with Crippen molar-refractivity contribution in [1.82, 2.24) is 30.8 Å². The predicted octanol–water partition coefficient (Wildman–Crippen LogP) is 8.08. The lowest BCUT2D eigenvalue weighted by Crippen LogP contribution is -2.50. The average Bonchev–Trinajstić information content (AvgIpc) is 3.51. The first-order valence-electron chi connectivity index (χ1n) is 18.9. The number of carbonyl (C=O) groups excluding carboxylic acids is 2. The van der Waals surface area contributed by atoms with Crippen LogP contribution in [0, 0.1) is 13.8 Å². The fourth-order valence-corrected chi connectivity index (χ4v) is 6.35. The first-order chi connectivity index (χ1) is 26.3. The summed E-state index contributed by atoms with van der Waals surface area (Å²) in [6, 6.07) is 20.1. The number of ether oxygens (including phenoxy) is 1. The molecule has 0 saturated heterocycles. The monoisotopic (exact) mass is 744 g/mol. The maximum absolute atomic E-state index is 13.8. The lowest BCUT2D eigenvalue weighted by Gasteiger charge is -2.23. The molecule has 0 aliphatic heterocycles. The molecular weight excluding hydrogens is 693 g/mol. The number of unbranched alkanes of at least 4 members (excludes halogenated alkanes) is 4. The van der Waals surface area contributed by atoms with E-state index in [0.717, 1.165) is 40.0 Å². The molecule has 1 unspecified atom stereocenters. The Morgan fingerprint density at radius 1 is 0.800 bits per heavy atom. The van der Waals surface area contributed by atoms with Gasteiger partial charge in [0.05, 0.1) is 12.3 Å². The molecule has 0 fully saturated rings. The number of amides is 2. The van der Waals surface area contributed by atoms with Crippen molar-refractivity contribution in [2.24, 2.45) is 0 Å². The number of carbonyl (C=O) groups is 3. The highest BCUT2D eigenvalue weighted by molar-refractivity contribution is 5.98. The molecule has 11 nitrogen and oxygen atoms in total. The average molecular weight is 745 g/mol. The summed E-state index contributed by atoms with van der Waals surface area (Å²) in [5, 5.41) is 22.5. The Labute approximate surface area is 323 Å². The molecule has 288 valence electrons. The van der Waals surface area contributed by atoms with Crippen molar-refractivity contribution in [3.8, 4) is 28.3 Å². The third-order valence-electron chi connectivity index (χ3n) is 9.65. The summed E-state index contributed by atoms with van der Waals surface area (Å²) in [7, 11) is 0. The Hall–Kier alpha value is -5.84. The number of hydrogen-bond acceptors (Lipinski definition) is 7. The number of nitrogens with one attached hydrogen (secondary N) is 3. The van der Waals surface area contributed by atoms with Gasteiger partial charge in [-0.25, -0.2) is 14.8 Å². The molecule has 0 aliphatic carbocycles. The third-order valence-corrected chi connectivity index (χ3v) is 9.65. The number of benzene rings is 3. The van der Waals surface area contributed by atoms with Crippen LogP contribution in [0.3, 0.4) is 0 Å². The minimum atomic E-state index is -1.37. The van der Waals surface area contributed by atoms with Crippen molar-refractivity contribution in [2.45, 2.75) is 97.6 Å². The summed E-state index contributed by atoms with van der Waals surface area (Å²) >= 11 is 0. The van der Waals surface area contributed by atoms with Gasteiger partial charge in [0.1, 0.15) is 11.8 Å². The van der Waals surface area contributed by atoms with Gasteiger partial charge in [-0.3, -0.25) is 14.7 Å². The van der Waals surface area contributed by atoms with E-state index in [2.05, 4.69) is 58.5 Å². The SMILES string of the molecule is CCCCCCCOc1ccc(-c2cnc(-c3ccc(C[C@H](NC(=O)c4ccc(C(C)(C)C)cc4)C(=O)NC(C(=O)O)c4c(C)n[nH]c4C)cc3)nc2)cc1. The molecule has 3 aromatic carbocycles. The number of rotatable bonds is 17. The number of carboxylic acids is 1. The summed E-state index contributed by atoms with van der Waals surface area (Å²) in [6.45, 7) is 12.6. The molecule has 5 aromatic rings.